The van der Waals surface area contributed by atoms with Crippen LogP contribution in [0.5, 0.6) is 17.2 Å². The first-order chi connectivity index (χ1) is 9.63. The molecule has 0 saturated heterocycles. The molecule has 102 valence electrons. The van der Waals surface area contributed by atoms with E-state index in [-0.39, 0.29) is 18.1 Å². The fourth-order valence-corrected chi connectivity index (χ4v) is 2.09. The Morgan fingerprint density at radius 3 is 2.75 bits per heavy atom. The Labute approximate surface area is 122 Å². The van der Waals surface area contributed by atoms with Crippen LogP contribution in [-0.2, 0) is 0 Å². The number of fused-ring (bicyclic) bond motifs is 1. The van der Waals surface area contributed by atoms with Crippen LogP contribution in [0, 0.1) is 5.82 Å². The summed E-state index contributed by atoms with van der Waals surface area (Å²) in [4.78, 5) is 11.9. The van der Waals surface area contributed by atoms with E-state index in [1.807, 2.05) is 0 Å². The van der Waals surface area contributed by atoms with Crippen molar-refractivity contribution in [3.05, 3.63) is 52.3 Å². The third kappa shape index (κ3) is 2.46. The summed E-state index contributed by atoms with van der Waals surface area (Å²) in [5.74, 6) is -0.0771. The normalized spacial score (nSPS) is 12.3. The van der Waals surface area contributed by atoms with Crippen molar-refractivity contribution in [1.29, 1.82) is 0 Å². The van der Waals surface area contributed by atoms with Gasteiger partial charge in [0.2, 0.25) is 6.79 Å². The molecule has 0 aliphatic carbocycles. The van der Waals surface area contributed by atoms with Crippen LogP contribution in [0.1, 0.15) is 10.4 Å². The van der Waals surface area contributed by atoms with Gasteiger partial charge >= 0.3 is 5.97 Å². The fraction of sp³-hybridized carbons (Fsp3) is 0.0714. The largest absolute Gasteiger partial charge is 0.454 e. The lowest BCUT2D eigenvalue weighted by molar-refractivity contribution is 0.0729. The molecule has 1 heterocycles. The number of halogens is 2. The van der Waals surface area contributed by atoms with Crippen molar-refractivity contribution in [1.82, 2.24) is 0 Å². The van der Waals surface area contributed by atoms with Gasteiger partial charge in [0.25, 0.3) is 0 Å². The van der Waals surface area contributed by atoms with Crippen LogP contribution in [0.15, 0.2) is 40.9 Å². The van der Waals surface area contributed by atoms with E-state index in [9.17, 15) is 9.18 Å². The summed E-state index contributed by atoms with van der Waals surface area (Å²) in [7, 11) is 0. The van der Waals surface area contributed by atoms with Crippen molar-refractivity contribution in [3.8, 4) is 17.2 Å². The van der Waals surface area contributed by atoms with Crippen molar-refractivity contribution in [2.75, 3.05) is 6.79 Å². The van der Waals surface area contributed by atoms with Gasteiger partial charge in [-0.15, -0.1) is 0 Å². The zero-order chi connectivity index (χ0) is 14.1. The van der Waals surface area contributed by atoms with Gasteiger partial charge in [0.05, 0.1) is 5.56 Å². The fourth-order valence-electron chi connectivity index (χ4n) is 1.76. The molecule has 0 atom stereocenters. The molecule has 0 N–H and O–H groups in total. The van der Waals surface area contributed by atoms with E-state index in [2.05, 4.69) is 15.9 Å². The summed E-state index contributed by atoms with van der Waals surface area (Å²) in [5, 5.41) is 0. The lowest BCUT2D eigenvalue weighted by atomic mass is 10.2. The Balaban J connectivity index is 1.82. The molecule has 1 aliphatic heterocycles. The van der Waals surface area contributed by atoms with Crippen LogP contribution in [-0.4, -0.2) is 12.8 Å². The van der Waals surface area contributed by atoms with Crippen molar-refractivity contribution >= 4 is 21.9 Å². The molecular formula is C14H8BrFO4. The standard InChI is InChI=1S/C14H8BrFO4/c15-8-1-3-10(11(16)5-8)14(17)20-9-2-4-12-13(6-9)19-7-18-12/h1-6H,7H2. The number of esters is 1. The van der Waals surface area contributed by atoms with Crippen LogP contribution in [0.3, 0.4) is 0 Å². The molecule has 3 rings (SSSR count). The summed E-state index contributed by atoms with van der Waals surface area (Å²) >= 11 is 3.12. The second-order valence-electron chi connectivity index (χ2n) is 4.03. The van der Waals surface area contributed by atoms with Gasteiger partial charge in [-0.3, -0.25) is 0 Å². The zero-order valence-electron chi connectivity index (χ0n) is 10.1. The quantitative estimate of drug-likeness (QED) is 0.620. The predicted molar refractivity (Wildman–Crippen MR) is 71.6 cm³/mol. The van der Waals surface area contributed by atoms with E-state index in [0.29, 0.717) is 16.0 Å². The lowest BCUT2D eigenvalue weighted by Gasteiger charge is -2.06. The molecule has 2 aromatic rings. The highest BCUT2D eigenvalue weighted by Crippen LogP contribution is 2.35. The smallest absolute Gasteiger partial charge is 0.346 e. The van der Waals surface area contributed by atoms with Gasteiger partial charge in [0, 0.05) is 10.5 Å². The number of carbonyl (C=O) groups excluding carboxylic acids is 1. The van der Waals surface area contributed by atoms with Crippen molar-refractivity contribution in [2.45, 2.75) is 0 Å². The molecule has 0 spiro atoms. The van der Waals surface area contributed by atoms with Crippen LogP contribution >= 0.6 is 15.9 Å². The Morgan fingerprint density at radius 2 is 1.95 bits per heavy atom. The number of hydrogen-bond acceptors (Lipinski definition) is 4. The molecule has 0 aromatic heterocycles. The minimum Gasteiger partial charge on any atom is -0.454 e. The Hall–Kier alpha value is -2.08. The number of benzene rings is 2. The third-order valence-electron chi connectivity index (χ3n) is 2.71. The first kappa shape index (κ1) is 12.9. The molecule has 1 aliphatic rings. The molecule has 0 fully saturated rings. The molecule has 20 heavy (non-hydrogen) atoms. The lowest BCUT2D eigenvalue weighted by Crippen LogP contribution is -2.10. The highest BCUT2D eigenvalue weighted by molar-refractivity contribution is 9.10. The van der Waals surface area contributed by atoms with Gasteiger partial charge in [0.1, 0.15) is 11.6 Å². The monoisotopic (exact) mass is 338 g/mol. The van der Waals surface area contributed by atoms with Crippen LogP contribution in [0.25, 0.3) is 0 Å². The first-order valence-electron chi connectivity index (χ1n) is 5.70. The maximum Gasteiger partial charge on any atom is 0.346 e. The van der Waals surface area contributed by atoms with E-state index in [1.165, 1.54) is 18.2 Å². The molecule has 0 saturated carbocycles. The Bertz CT molecular complexity index is 687. The van der Waals surface area contributed by atoms with E-state index in [0.717, 1.165) is 0 Å². The summed E-state index contributed by atoms with van der Waals surface area (Å²) in [5.41, 5.74) is -0.133. The first-order valence-corrected chi connectivity index (χ1v) is 6.50. The second kappa shape index (κ2) is 5.13. The van der Waals surface area contributed by atoms with Crippen molar-refractivity contribution in [3.63, 3.8) is 0 Å². The molecular weight excluding hydrogens is 331 g/mol. The summed E-state index contributed by atoms with van der Waals surface area (Å²) in [6.07, 6.45) is 0. The van der Waals surface area contributed by atoms with E-state index >= 15 is 0 Å². The van der Waals surface area contributed by atoms with E-state index in [1.54, 1.807) is 18.2 Å². The van der Waals surface area contributed by atoms with E-state index in [4.69, 9.17) is 14.2 Å². The van der Waals surface area contributed by atoms with Gasteiger partial charge in [0.15, 0.2) is 11.5 Å². The van der Waals surface area contributed by atoms with E-state index < -0.39 is 11.8 Å². The minimum absolute atomic E-state index is 0.133. The molecule has 4 nitrogen and oxygen atoms in total. The van der Waals surface area contributed by atoms with Crippen molar-refractivity contribution < 1.29 is 23.4 Å². The summed E-state index contributed by atoms with van der Waals surface area (Å²) in [6, 6.07) is 8.84. The van der Waals surface area contributed by atoms with Crippen LogP contribution in [0.2, 0.25) is 0 Å². The van der Waals surface area contributed by atoms with Gasteiger partial charge in [-0.25, -0.2) is 9.18 Å². The molecule has 0 radical (unpaired) electrons. The number of carbonyl (C=O) groups is 1. The molecule has 6 heteroatoms. The zero-order valence-corrected chi connectivity index (χ0v) is 11.6. The second-order valence-corrected chi connectivity index (χ2v) is 4.94. The van der Waals surface area contributed by atoms with Gasteiger partial charge in [-0.1, -0.05) is 15.9 Å². The number of ether oxygens (including phenoxy) is 3. The van der Waals surface area contributed by atoms with Crippen LogP contribution < -0.4 is 14.2 Å². The van der Waals surface area contributed by atoms with Crippen molar-refractivity contribution in [2.24, 2.45) is 0 Å². The summed E-state index contributed by atoms with van der Waals surface area (Å²) in [6.45, 7) is 0.133. The molecule has 0 unspecified atom stereocenters. The number of hydrogen-bond donors (Lipinski definition) is 0. The number of rotatable bonds is 2. The maximum absolute atomic E-state index is 13.6. The van der Waals surface area contributed by atoms with Gasteiger partial charge in [-0.2, -0.15) is 0 Å². The molecule has 0 amide bonds. The minimum atomic E-state index is -0.770. The average molecular weight is 339 g/mol. The molecule has 2 aromatic carbocycles. The van der Waals surface area contributed by atoms with Gasteiger partial charge < -0.3 is 14.2 Å². The Morgan fingerprint density at radius 1 is 1.15 bits per heavy atom. The maximum atomic E-state index is 13.6. The predicted octanol–water partition coefficient (Wildman–Crippen LogP) is 3.54. The molecule has 0 bridgehead atoms. The third-order valence-corrected chi connectivity index (χ3v) is 3.20. The topological polar surface area (TPSA) is 44.8 Å². The van der Waals surface area contributed by atoms with Crippen LogP contribution in [0.4, 0.5) is 4.39 Å². The Kier molecular flexibility index (Phi) is 3.31. The van der Waals surface area contributed by atoms with Gasteiger partial charge in [-0.05, 0) is 30.3 Å². The average Bonchev–Trinajstić information content (AvgIpc) is 2.85. The SMILES string of the molecule is O=C(Oc1ccc2c(c1)OCO2)c1ccc(Br)cc1F. The summed E-state index contributed by atoms with van der Waals surface area (Å²) < 4.78 is 29.6. The highest BCUT2D eigenvalue weighted by atomic mass is 79.9. The highest BCUT2D eigenvalue weighted by Gasteiger charge is 2.18.